The SMILES string of the molecule is [2H]C(CC(N)C(=O)O)SSC([2H])([2H])C([2H])([2H])C([2H])(C(=O)O)N([2H])[2H]. The molecular weight excluding hydrogens is 252 g/mol. The summed E-state index contributed by atoms with van der Waals surface area (Å²) in [5.41, 5.74) is 0.108. The van der Waals surface area contributed by atoms with Gasteiger partial charge in [0.15, 0.2) is 0 Å². The third kappa shape index (κ3) is 7.80. The molecule has 6 N–H and O–H groups in total. The van der Waals surface area contributed by atoms with E-state index in [2.05, 4.69) is 0 Å². The van der Waals surface area contributed by atoms with Crippen molar-refractivity contribution >= 4 is 33.5 Å². The Hall–Kier alpha value is -0.440. The van der Waals surface area contributed by atoms with Gasteiger partial charge in [0.2, 0.25) is 0 Å². The van der Waals surface area contributed by atoms with Gasteiger partial charge in [-0.05, 0) is 12.8 Å². The molecule has 0 aromatic heterocycles. The molecule has 0 aliphatic rings. The molecule has 8 heteroatoms. The van der Waals surface area contributed by atoms with Crippen LogP contribution in [0.1, 0.15) is 21.0 Å². The molecule has 0 spiro atoms. The Morgan fingerprint density at radius 1 is 1.44 bits per heavy atom. The van der Waals surface area contributed by atoms with Crippen LogP contribution in [0.25, 0.3) is 0 Å². The number of carboxylic acid groups (broad SMARTS) is 2. The van der Waals surface area contributed by atoms with Crippen LogP contribution in [0, 0.1) is 0 Å². The monoisotopic (exact) mass is 276 g/mol. The normalized spacial score (nSPS) is 27.6. The van der Waals surface area contributed by atoms with Gasteiger partial charge in [-0.1, -0.05) is 21.6 Å². The van der Waals surface area contributed by atoms with Crippen molar-refractivity contribution in [1.82, 2.24) is 0 Å². The molecular formula is C8H16N2O4S2. The average Bonchev–Trinajstić information content (AvgIpc) is 2.43. The minimum atomic E-state index is -3.57. The van der Waals surface area contributed by atoms with Crippen LogP contribution in [-0.2, 0) is 9.59 Å². The number of carboxylic acids is 2. The maximum absolute atomic E-state index is 11.1. The van der Waals surface area contributed by atoms with Gasteiger partial charge in [-0.15, -0.1) is 0 Å². The van der Waals surface area contributed by atoms with Crippen LogP contribution in [0.4, 0.5) is 0 Å². The van der Waals surface area contributed by atoms with Crippen LogP contribution in [-0.4, -0.2) is 45.6 Å². The molecule has 0 aliphatic carbocycles. The molecule has 0 aromatic carbocycles. The van der Waals surface area contributed by atoms with Gasteiger partial charge in [0, 0.05) is 18.3 Å². The maximum Gasteiger partial charge on any atom is 0.320 e. The second-order valence-electron chi connectivity index (χ2n) is 2.41. The summed E-state index contributed by atoms with van der Waals surface area (Å²) in [4.78, 5) is 21.7. The van der Waals surface area contributed by atoms with Crippen LogP contribution >= 0.6 is 21.6 Å². The Bertz CT molecular complexity index is 485. The van der Waals surface area contributed by atoms with E-state index in [1.54, 1.807) is 0 Å². The van der Waals surface area contributed by atoms with Gasteiger partial charge in [-0.2, -0.15) is 0 Å². The lowest BCUT2D eigenvalue weighted by Crippen LogP contribution is -2.30. The van der Waals surface area contributed by atoms with Crippen molar-refractivity contribution in [2.75, 3.05) is 11.4 Å². The minimum Gasteiger partial charge on any atom is -0.480 e. The Balaban J connectivity index is 5.22. The zero-order valence-electron chi connectivity index (χ0n) is 15.9. The first kappa shape index (κ1) is 6.48. The number of hydrogen-bond donors (Lipinski definition) is 4. The molecule has 0 saturated carbocycles. The van der Waals surface area contributed by atoms with E-state index in [1.165, 1.54) is 0 Å². The van der Waals surface area contributed by atoms with Crippen molar-refractivity contribution in [3.63, 3.8) is 0 Å². The van der Waals surface area contributed by atoms with Crippen molar-refractivity contribution in [3.8, 4) is 0 Å². The van der Waals surface area contributed by atoms with E-state index in [0.717, 1.165) is 0 Å². The molecule has 0 radical (unpaired) electrons. The van der Waals surface area contributed by atoms with Crippen LogP contribution in [0.5, 0.6) is 0 Å². The summed E-state index contributed by atoms with van der Waals surface area (Å²) in [5, 5.41) is 17.6. The highest BCUT2D eigenvalue weighted by Crippen LogP contribution is 2.23. The number of hydrogen-bond acceptors (Lipinski definition) is 6. The van der Waals surface area contributed by atoms with Crippen LogP contribution in [0.3, 0.4) is 0 Å². The topological polar surface area (TPSA) is 127 Å². The molecule has 16 heavy (non-hydrogen) atoms. The predicted octanol–water partition coefficient (Wildman–Crippen LogP) is -0.0282. The molecule has 0 heterocycles. The zero-order chi connectivity index (χ0) is 19.5. The molecule has 0 saturated heterocycles. The molecule has 0 bridgehead atoms. The summed E-state index contributed by atoms with van der Waals surface area (Å²) >= 11 is 0. The Labute approximate surface area is 113 Å². The molecule has 0 rings (SSSR count). The fraction of sp³-hybridized carbons (Fsp3) is 0.750. The van der Waals surface area contributed by atoms with Gasteiger partial charge in [0.25, 0.3) is 0 Å². The standard InChI is InChI=1S/C8H16N2O4S2/c9-5(7(11)12)1-3-15-16-4-2-6(10)8(13)14/h5-6H,1-4,9-10H2,(H,11,12)(H,13,14)/i1D2,3D2,4D,5D/hD2. The summed E-state index contributed by atoms with van der Waals surface area (Å²) in [6.07, 6.45) is -3.90. The molecule has 0 fully saturated rings. The first-order chi connectivity index (χ1) is 10.6. The van der Waals surface area contributed by atoms with E-state index in [0.29, 0.717) is 10.8 Å². The lowest BCUT2D eigenvalue weighted by molar-refractivity contribution is -0.139. The Morgan fingerprint density at radius 2 is 2.12 bits per heavy atom. The fourth-order valence-corrected chi connectivity index (χ4v) is 1.67. The average molecular weight is 276 g/mol. The summed E-state index contributed by atoms with van der Waals surface area (Å²) < 4.78 is 59.5. The van der Waals surface area contributed by atoms with E-state index < -0.39 is 47.5 Å². The van der Waals surface area contributed by atoms with Gasteiger partial charge in [-0.25, -0.2) is 0 Å². The van der Waals surface area contributed by atoms with E-state index in [9.17, 15) is 9.59 Å². The van der Waals surface area contributed by atoms with E-state index in [4.69, 9.17) is 27.0 Å². The van der Waals surface area contributed by atoms with Crippen molar-refractivity contribution < 1.29 is 30.9 Å². The van der Waals surface area contributed by atoms with Gasteiger partial charge < -0.3 is 21.7 Å². The highest BCUT2D eigenvalue weighted by atomic mass is 33.1. The third-order valence-corrected chi connectivity index (χ3v) is 2.75. The maximum atomic E-state index is 11.1. The van der Waals surface area contributed by atoms with Crippen LogP contribution in [0.2, 0.25) is 2.82 Å². The number of carbonyl (C=O) groups is 2. The quantitative estimate of drug-likeness (QED) is 0.410. The molecule has 0 aliphatic heterocycles. The molecule has 6 nitrogen and oxygen atoms in total. The summed E-state index contributed by atoms with van der Waals surface area (Å²) in [6.45, 7) is 0. The van der Waals surface area contributed by atoms with E-state index in [1.807, 2.05) is 0 Å². The fourth-order valence-electron chi connectivity index (χ4n) is 0.424. The summed E-state index contributed by atoms with van der Waals surface area (Å²) in [7, 11) is 0.475. The van der Waals surface area contributed by atoms with Crippen molar-refractivity contribution in [1.29, 1.82) is 0 Å². The molecule has 0 aromatic rings. The van der Waals surface area contributed by atoms with E-state index in [-0.39, 0.29) is 17.2 Å². The molecule has 3 unspecified atom stereocenters. The Kier molecular flexibility index (Phi) is 3.52. The highest BCUT2D eigenvalue weighted by molar-refractivity contribution is 8.76. The van der Waals surface area contributed by atoms with E-state index >= 15 is 0 Å². The number of nitrogens with two attached hydrogens (primary N) is 2. The first-order valence-electron chi connectivity index (χ1n) is 7.85. The molecule has 94 valence electrons. The molecule has 3 atom stereocenters. The van der Waals surface area contributed by atoms with Gasteiger partial charge in [-0.3, -0.25) is 9.59 Å². The molecule has 0 amide bonds. The number of rotatable bonds is 10. The van der Waals surface area contributed by atoms with Crippen molar-refractivity contribution in [3.05, 3.63) is 0 Å². The Morgan fingerprint density at radius 3 is 2.62 bits per heavy atom. The number of aliphatic carboxylic acids is 2. The lowest BCUT2D eigenvalue weighted by atomic mass is 10.2. The predicted molar refractivity (Wildman–Crippen MR) is 65.4 cm³/mol. The smallest absolute Gasteiger partial charge is 0.320 e. The zero-order valence-corrected chi connectivity index (χ0v) is 9.55. The minimum absolute atomic E-state index is 0.0715. The summed E-state index contributed by atoms with van der Waals surface area (Å²) in [5.74, 6) is -3.60. The van der Waals surface area contributed by atoms with Crippen molar-refractivity contribution in [2.45, 2.75) is 24.9 Å². The van der Waals surface area contributed by atoms with Gasteiger partial charge in [0.05, 0.1) is 1.37 Å². The summed E-state index contributed by atoms with van der Waals surface area (Å²) in [6, 6.07) is -4.95. The second kappa shape index (κ2) is 8.68. The van der Waals surface area contributed by atoms with Gasteiger partial charge >= 0.3 is 11.9 Å². The van der Waals surface area contributed by atoms with Crippen LogP contribution < -0.4 is 11.5 Å². The van der Waals surface area contributed by atoms with Crippen molar-refractivity contribution in [2.24, 2.45) is 11.5 Å². The third-order valence-electron chi connectivity index (χ3n) is 1.20. The largest absolute Gasteiger partial charge is 0.480 e. The first-order valence-corrected chi connectivity index (χ1v) is 6.09. The lowest BCUT2D eigenvalue weighted by Gasteiger charge is -2.06. The highest BCUT2D eigenvalue weighted by Gasteiger charge is 2.12. The second-order valence-corrected chi connectivity index (χ2v) is 4.38. The van der Waals surface area contributed by atoms with Crippen LogP contribution in [0.15, 0.2) is 0 Å². The van der Waals surface area contributed by atoms with Gasteiger partial charge in [0.1, 0.15) is 14.9 Å².